The molecule has 11 aromatic rings. The average Bonchev–Trinajstić information content (AvgIpc) is 3.30. The molecule has 0 N–H and O–H groups in total. The Bertz CT molecular complexity index is 3290. The zero-order chi connectivity index (χ0) is 38.6. The Morgan fingerprint density at radius 3 is 1.34 bits per heavy atom. The Hall–Kier alpha value is -7.06. The highest BCUT2D eigenvalue weighted by Crippen LogP contribution is 2.44. The summed E-state index contributed by atoms with van der Waals surface area (Å²) in [6, 6.07) is 83.7. The second-order valence-corrected chi connectivity index (χ2v) is 19.7. The Morgan fingerprint density at radius 1 is 0.276 bits per heavy atom. The van der Waals surface area contributed by atoms with Crippen molar-refractivity contribution in [3.05, 3.63) is 224 Å². The molecular formula is C57H40Si. The molecule has 0 aliphatic carbocycles. The standard InChI is InChI=1S/C57H40Si/c1-58(46-19-3-2-4-20-46,47-34-33-40-16-6-8-18-44(40)38-47)55-36-35-48(49-21-9-10-22-50(49)55)41-28-30-42(31-29-41)56-51-23-11-13-25-53(51)57(54-26-14-12-24-52(54)56)45-32-27-39-15-5-7-17-43(39)37-45/h2-38H,1H3. The smallest absolute Gasteiger partial charge is 0.0624 e. The molecule has 58 heavy (non-hydrogen) atoms. The van der Waals surface area contributed by atoms with Gasteiger partial charge in [-0.05, 0) is 109 Å². The van der Waals surface area contributed by atoms with Crippen LogP contribution in [0.15, 0.2) is 224 Å². The maximum absolute atomic E-state index is 2.53. The fraction of sp³-hybridized carbons (Fsp3) is 0.0175. The first-order chi connectivity index (χ1) is 28.6. The first-order valence-electron chi connectivity index (χ1n) is 20.3. The van der Waals surface area contributed by atoms with Crippen LogP contribution in [0.4, 0.5) is 0 Å². The Balaban J connectivity index is 1.06. The molecule has 0 nitrogen and oxygen atoms in total. The van der Waals surface area contributed by atoms with Crippen molar-refractivity contribution in [1.29, 1.82) is 0 Å². The molecule has 11 aromatic carbocycles. The first-order valence-corrected chi connectivity index (χ1v) is 22.8. The molecule has 0 fully saturated rings. The number of fused-ring (bicyclic) bond motifs is 5. The van der Waals surface area contributed by atoms with E-state index in [4.69, 9.17) is 0 Å². The van der Waals surface area contributed by atoms with Crippen molar-refractivity contribution >= 4 is 77.5 Å². The molecule has 1 atom stereocenters. The van der Waals surface area contributed by atoms with Crippen LogP contribution < -0.4 is 15.6 Å². The topological polar surface area (TPSA) is 0 Å². The van der Waals surface area contributed by atoms with E-state index in [1.165, 1.54) is 103 Å². The van der Waals surface area contributed by atoms with Gasteiger partial charge in [0.1, 0.15) is 8.07 Å². The van der Waals surface area contributed by atoms with Crippen molar-refractivity contribution < 1.29 is 0 Å². The molecule has 0 aromatic heterocycles. The lowest BCUT2D eigenvalue weighted by Gasteiger charge is -2.31. The molecule has 0 bridgehead atoms. The van der Waals surface area contributed by atoms with E-state index in [2.05, 4.69) is 231 Å². The predicted molar refractivity (Wildman–Crippen MR) is 254 cm³/mol. The summed E-state index contributed by atoms with van der Waals surface area (Å²) in [5, 5.41) is 17.1. The van der Waals surface area contributed by atoms with Gasteiger partial charge in [0, 0.05) is 0 Å². The quantitative estimate of drug-likeness (QED) is 0.0901. The molecular weight excluding hydrogens is 713 g/mol. The minimum atomic E-state index is -2.43. The van der Waals surface area contributed by atoms with E-state index in [0.717, 1.165) is 0 Å². The molecule has 0 heterocycles. The normalized spacial score (nSPS) is 12.7. The van der Waals surface area contributed by atoms with Crippen molar-refractivity contribution in [1.82, 2.24) is 0 Å². The van der Waals surface area contributed by atoms with Crippen molar-refractivity contribution in [2.75, 3.05) is 0 Å². The second kappa shape index (κ2) is 13.8. The third kappa shape index (κ3) is 5.50. The van der Waals surface area contributed by atoms with Gasteiger partial charge >= 0.3 is 0 Å². The highest BCUT2D eigenvalue weighted by molar-refractivity contribution is 7.11. The maximum Gasteiger partial charge on any atom is 0.146 e. The Kier molecular flexibility index (Phi) is 8.17. The fourth-order valence-electron chi connectivity index (χ4n) is 9.65. The molecule has 272 valence electrons. The van der Waals surface area contributed by atoms with Crippen LogP contribution >= 0.6 is 0 Å². The summed E-state index contributed by atoms with van der Waals surface area (Å²) in [6.07, 6.45) is 0. The van der Waals surface area contributed by atoms with Crippen LogP contribution in [0.25, 0.3) is 87.2 Å². The van der Waals surface area contributed by atoms with Crippen molar-refractivity contribution in [2.45, 2.75) is 6.55 Å². The van der Waals surface area contributed by atoms with Crippen LogP contribution in [0.1, 0.15) is 0 Å². The van der Waals surface area contributed by atoms with E-state index in [-0.39, 0.29) is 0 Å². The molecule has 11 rings (SSSR count). The number of hydrogen-bond acceptors (Lipinski definition) is 0. The van der Waals surface area contributed by atoms with E-state index in [0.29, 0.717) is 0 Å². The maximum atomic E-state index is 2.53. The van der Waals surface area contributed by atoms with Gasteiger partial charge in [-0.1, -0.05) is 225 Å². The number of benzene rings is 11. The summed E-state index contributed by atoms with van der Waals surface area (Å²) < 4.78 is 0. The van der Waals surface area contributed by atoms with E-state index in [1.807, 2.05) is 0 Å². The monoisotopic (exact) mass is 752 g/mol. The molecule has 1 unspecified atom stereocenters. The molecule has 0 saturated heterocycles. The summed E-state index contributed by atoms with van der Waals surface area (Å²) in [4.78, 5) is 0. The predicted octanol–water partition coefficient (Wildman–Crippen LogP) is 13.6. The fourth-order valence-corrected chi connectivity index (χ4v) is 13.5. The van der Waals surface area contributed by atoms with Gasteiger partial charge in [0.25, 0.3) is 0 Å². The van der Waals surface area contributed by atoms with Gasteiger partial charge < -0.3 is 0 Å². The first kappa shape index (κ1) is 34.2. The third-order valence-corrected chi connectivity index (χ3v) is 17.1. The van der Waals surface area contributed by atoms with E-state index < -0.39 is 8.07 Å². The van der Waals surface area contributed by atoms with Crippen LogP contribution in [-0.2, 0) is 0 Å². The van der Waals surface area contributed by atoms with Crippen LogP contribution in [0, 0.1) is 0 Å². The zero-order valence-corrected chi connectivity index (χ0v) is 33.4. The summed E-state index contributed by atoms with van der Waals surface area (Å²) in [5.41, 5.74) is 7.52. The van der Waals surface area contributed by atoms with E-state index >= 15 is 0 Å². The van der Waals surface area contributed by atoms with Gasteiger partial charge in [0.05, 0.1) is 0 Å². The summed E-state index contributed by atoms with van der Waals surface area (Å²) in [7, 11) is -2.43. The molecule has 0 saturated carbocycles. The molecule has 0 radical (unpaired) electrons. The Morgan fingerprint density at radius 2 is 0.724 bits per heavy atom. The van der Waals surface area contributed by atoms with Gasteiger partial charge in [0.15, 0.2) is 0 Å². The third-order valence-electron chi connectivity index (χ3n) is 12.6. The van der Waals surface area contributed by atoms with E-state index in [9.17, 15) is 0 Å². The lowest BCUT2D eigenvalue weighted by molar-refractivity contribution is 1.63. The molecule has 0 aliphatic rings. The number of hydrogen-bond donors (Lipinski definition) is 0. The molecule has 0 amide bonds. The highest BCUT2D eigenvalue weighted by Gasteiger charge is 2.36. The minimum absolute atomic E-state index is 1.22. The summed E-state index contributed by atoms with van der Waals surface area (Å²) >= 11 is 0. The molecule has 1 heteroatoms. The van der Waals surface area contributed by atoms with Gasteiger partial charge in [0.2, 0.25) is 0 Å². The lowest BCUT2D eigenvalue weighted by Crippen LogP contribution is -2.64. The van der Waals surface area contributed by atoms with E-state index in [1.54, 1.807) is 0 Å². The van der Waals surface area contributed by atoms with Crippen LogP contribution in [0.2, 0.25) is 6.55 Å². The average molecular weight is 753 g/mol. The van der Waals surface area contributed by atoms with Crippen LogP contribution in [0.3, 0.4) is 0 Å². The second-order valence-electron chi connectivity index (χ2n) is 15.7. The van der Waals surface area contributed by atoms with Gasteiger partial charge in [-0.15, -0.1) is 0 Å². The van der Waals surface area contributed by atoms with Gasteiger partial charge in [-0.25, -0.2) is 0 Å². The van der Waals surface area contributed by atoms with Crippen LogP contribution in [-0.4, -0.2) is 8.07 Å². The minimum Gasteiger partial charge on any atom is -0.0624 e. The number of rotatable bonds is 6. The van der Waals surface area contributed by atoms with Crippen LogP contribution in [0.5, 0.6) is 0 Å². The summed E-state index contributed by atoms with van der Waals surface area (Å²) in [5.74, 6) is 0. The van der Waals surface area contributed by atoms with Gasteiger partial charge in [-0.3, -0.25) is 0 Å². The summed E-state index contributed by atoms with van der Waals surface area (Å²) in [6.45, 7) is 2.53. The van der Waals surface area contributed by atoms with Gasteiger partial charge in [-0.2, -0.15) is 0 Å². The molecule has 0 aliphatic heterocycles. The largest absolute Gasteiger partial charge is 0.146 e. The van der Waals surface area contributed by atoms with Crippen molar-refractivity contribution in [3.8, 4) is 33.4 Å². The van der Waals surface area contributed by atoms with Crippen molar-refractivity contribution in [2.24, 2.45) is 0 Å². The van der Waals surface area contributed by atoms with Crippen molar-refractivity contribution in [3.63, 3.8) is 0 Å². The highest BCUT2D eigenvalue weighted by atomic mass is 28.3. The Labute approximate surface area is 340 Å². The zero-order valence-electron chi connectivity index (χ0n) is 32.4. The molecule has 0 spiro atoms. The SMILES string of the molecule is C[Si](c1ccccc1)(c1ccc2ccccc2c1)c1ccc(-c2ccc(-c3c4ccccc4c(-c4ccc5ccccc5c4)c4ccccc34)cc2)c2ccccc12. The lowest BCUT2D eigenvalue weighted by atomic mass is 9.85.